The number of hydrogen-bond acceptors (Lipinski definition) is 2. The average molecular weight is 251 g/mol. The van der Waals surface area contributed by atoms with Gasteiger partial charge in [0.15, 0.2) is 0 Å². The Kier molecular flexibility index (Phi) is 4.60. The molecule has 0 saturated carbocycles. The van der Waals surface area contributed by atoms with Gasteiger partial charge in [-0.15, -0.1) is 0 Å². The molecule has 0 radical (unpaired) electrons. The molecule has 0 unspecified atom stereocenters. The molecule has 0 aliphatic heterocycles. The van der Waals surface area contributed by atoms with E-state index in [0.717, 1.165) is 0 Å². The first-order valence-electron chi connectivity index (χ1n) is 5.06. The summed E-state index contributed by atoms with van der Waals surface area (Å²) in [4.78, 5) is 0. The van der Waals surface area contributed by atoms with Crippen LogP contribution in [0.1, 0.15) is 12.8 Å². The van der Waals surface area contributed by atoms with Gasteiger partial charge in [0.05, 0.1) is 12.8 Å². The van der Waals surface area contributed by atoms with Crippen molar-refractivity contribution in [2.75, 3.05) is 19.0 Å². The maximum Gasteiger partial charge on any atom is 0.389 e. The first-order valence-corrected chi connectivity index (χ1v) is 5.06. The summed E-state index contributed by atoms with van der Waals surface area (Å²) in [5.41, 5.74) is 0.482. The van der Waals surface area contributed by atoms with Gasteiger partial charge in [0.1, 0.15) is 11.6 Å². The van der Waals surface area contributed by atoms with Crippen LogP contribution in [-0.4, -0.2) is 19.8 Å². The highest BCUT2D eigenvalue weighted by Crippen LogP contribution is 2.26. The smallest absolute Gasteiger partial charge is 0.389 e. The van der Waals surface area contributed by atoms with Crippen LogP contribution in [0.4, 0.5) is 23.2 Å². The first kappa shape index (κ1) is 13.6. The molecule has 96 valence electrons. The lowest BCUT2D eigenvalue weighted by Gasteiger charge is -2.11. The second kappa shape index (κ2) is 5.75. The average Bonchev–Trinajstić information content (AvgIpc) is 2.24. The Balaban J connectivity index is 2.46. The molecule has 0 fully saturated rings. The van der Waals surface area contributed by atoms with Crippen molar-refractivity contribution in [2.45, 2.75) is 19.0 Å². The molecule has 1 N–H and O–H groups in total. The van der Waals surface area contributed by atoms with Gasteiger partial charge in [-0.3, -0.25) is 0 Å². The fourth-order valence-electron chi connectivity index (χ4n) is 1.32. The molecular formula is C11H13F4NO. The first-order chi connectivity index (χ1) is 7.92. The van der Waals surface area contributed by atoms with Crippen LogP contribution < -0.4 is 10.1 Å². The highest BCUT2D eigenvalue weighted by molar-refractivity contribution is 5.56. The zero-order valence-corrected chi connectivity index (χ0v) is 9.27. The SMILES string of the molecule is COc1cc(F)ccc1NCCCC(F)(F)F. The minimum absolute atomic E-state index is 0.0377. The lowest BCUT2D eigenvalue weighted by molar-refractivity contribution is -0.134. The number of hydrogen-bond donors (Lipinski definition) is 1. The Morgan fingerprint density at radius 3 is 2.59 bits per heavy atom. The van der Waals surface area contributed by atoms with Gasteiger partial charge in [0.25, 0.3) is 0 Å². The van der Waals surface area contributed by atoms with E-state index >= 15 is 0 Å². The van der Waals surface area contributed by atoms with Gasteiger partial charge < -0.3 is 10.1 Å². The van der Waals surface area contributed by atoms with E-state index in [2.05, 4.69) is 5.32 Å². The summed E-state index contributed by atoms with van der Waals surface area (Å²) in [6.45, 7) is 0.154. The molecule has 0 saturated heterocycles. The molecule has 0 amide bonds. The number of ether oxygens (including phenoxy) is 1. The van der Waals surface area contributed by atoms with E-state index in [1.807, 2.05) is 0 Å². The van der Waals surface area contributed by atoms with Crippen molar-refractivity contribution in [3.8, 4) is 5.75 Å². The van der Waals surface area contributed by atoms with Gasteiger partial charge in [-0.25, -0.2) is 4.39 Å². The Labute approximate surface area is 96.6 Å². The summed E-state index contributed by atoms with van der Waals surface area (Å²) in [6, 6.07) is 3.82. The Morgan fingerprint density at radius 2 is 2.00 bits per heavy atom. The molecule has 6 heteroatoms. The van der Waals surface area contributed by atoms with Gasteiger partial charge in [0, 0.05) is 19.0 Å². The van der Waals surface area contributed by atoms with Crippen LogP contribution in [0.25, 0.3) is 0 Å². The number of methoxy groups -OCH3 is 1. The molecule has 0 heterocycles. The third kappa shape index (κ3) is 4.93. The predicted octanol–water partition coefficient (Wildman–Crippen LogP) is 3.59. The number of halogens is 4. The second-order valence-corrected chi connectivity index (χ2v) is 3.49. The monoisotopic (exact) mass is 251 g/mol. The Hall–Kier alpha value is -1.46. The van der Waals surface area contributed by atoms with Crippen LogP contribution in [0, 0.1) is 5.82 Å². The van der Waals surface area contributed by atoms with E-state index < -0.39 is 18.4 Å². The summed E-state index contributed by atoms with van der Waals surface area (Å²) in [7, 11) is 1.37. The van der Waals surface area contributed by atoms with Crippen LogP contribution >= 0.6 is 0 Å². The largest absolute Gasteiger partial charge is 0.494 e. The normalized spacial score (nSPS) is 11.4. The molecule has 1 rings (SSSR count). The highest BCUT2D eigenvalue weighted by Gasteiger charge is 2.25. The third-order valence-corrected chi connectivity index (χ3v) is 2.12. The molecule has 17 heavy (non-hydrogen) atoms. The number of nitrogens with one attached hydrogen (secondary N) is 1. The molecule has 0 atom stereocenters. The van der Waals surface area contributed by atoms with E-state index in [4.69, 9.17) is 4.74 Å². The summed E-state index contributed by atoms with van der Waals surface area (Å²) in [6.07, 6.45) is -5.03. The Bertz CT molecular complexity index is 365. The summed E-state index contributed by atoms with van der Waals surface area (Å²) in [5.74, 6) is -0.181. The fourth-order valence-corrected chi connectivity index (χ4v) is 1.32. The van der Waals surface area contributed by atoms with Crippen molar-refractivity contribution in [1.82, 2.24) is 0 Å². The van der Waals surface area contributed by atoms with Crippen LogP contribution in [0.15, 0.2) is 18.2 Å². The molecule has 0 spiro atoms. The molecule has 0 aliphatic carbocycles. The van der Waals surface area contributed by atoms with E-state index in [9.17, 15) is 17.6 Å². The maximum atomic E-state index is 12.8. The van der Waals surface area contributed by atoms with Crippen LogP contribution in [0.5, 0.6) is 5.75 Å². The minimum atomic E-state index is -4.14. The standard InChI is InChI=1S/C11H13F4NO/c1-17-10-7-8(12)3-4-9(10)16-6-2-5-11(13,14)15/h3-4,7,16H,2,5-6H2,1H3. The quantitative estimate of drug-likeness (QED) is 0.637. The number of benzene rings is 1. The van der Waals surface area contributed by atoms with Crippen molar-refractivity contribution in [1.29, 1.82) is 0 Å². The van der Waals surface area contributed by atoms with Crippen molar-refractivity contribution < 1.29 is 22.3 Å². The van der Waals surface area contributed by atoms with Crippen molar-refractivity contribution in [3.63, 3.8) is 0 Å². The van der Waals surface area contributed by atoms with Crippen molar-refractivity contribution >= 4 is 5.69 Å². The molecule has 1 aromatic carbocycles. The topological polar surface area (TPSA) is 21.3 Å². The van der Waals surface area contributed by atoms with Gasteiger partial charge in [-0.1, -0.05) is 0 Å². The molecule has 2 nitrogen and oxygen atoms in total. The summed E-state index contributed by atoms with van der Waals surface area (Å²) in [5, 5.41) is 2.77. The highest BCUT2D eigenvalue weighted by atomic mass is 19.4. The lowest BCUT2D eigenvalue weighted by atomic mass is 10.2. The molecule has 1 aromatic rings. The van der Waals surface area contributed by atoms with Gasteiger partial charge in [-0.05, 0) is 18.6 Å². The number of anilines is 1. The van der Waals surface area contributed by atoms with E-state index in [1.54, 1.807) is 0 Å². The van der Waals surface area contributed by atoms with Gasteiger partial charge in [-0.2, -0.15) is 13.2 Å². The lowest BCUT2D eigenvalue weighted by Crippen LogP contribution is -2.11. The second-order valence-electron chi connectivity index (χ2n) is 3.49. The summed E-state index contributed by atoms with van der Waals surface area (Å²) < 4.78 is 53.4. The van der Waals surface area contributed by atoms with Crippen molar-refractivity contribution in [3.05, 3.63) is 24.0 Å². The summed E-state index contributed by atoms with van der Waals surface area (Å²) >= 11 is 0. The fraction of sp³-hybridized carbons (Fsp3) is 0.455. The zero-order chi connectivity index (χ0) is 12.9. The number of rotatable bonds is 5. The van der Waals surface area contributed by atoms with E-state index in [0.29, 0.717) is 5.69 Å². The van der Waals surface area contributed by atoms with Gasteiger partial charge >= 0.3 is 6.18 Å². The molecular weight excluding hydrogens is 238 g/mol. The van der Waals surface area contributed by atoms with Crippen molar-refractivity contribution in [2.24, 2.45) is 0 Å². The van der Waals surface area contributed by atoms with Gasteiger partial charge in [0.2, 0.25) is 0 Å². The number of alkyl halides is 3. The van der Waals surface area contributed by atoms with Crippen LogP contribution in [0.2, 0.25) is 0 Å². The van der Waals surface area contributed by atoms with Crippen LogP contribution in [0.3, 0.4) is 0 Å². The Morgan fingerprint density at radius 1 is 1.29 bits per heavy atom. The third-order valence-electron chi connectivity index (χ3n) is 2.12. The van der Waals surface area contributed by atoms with E-state index in [-0.39, 0.29) is 18.7 Å². The van der Waals surface area contributed by atoms with Crippen LogP contribution in [-0.2, 0) is 0 Å². The molecule has 0 bridgehead atoms. The zero-order valence-electron chi connectivity index (χ0n) is 9.27. The van der Waals surface area contributed by atoms with E-state index in [1.165, 1.54) is 25.3 Å². The maximum absolute atomic E-state index is 12.8. The minimum Gasteiger partial charge on any atom is -0.494 e. The molecule has 0 aliphatic rings. The predicted molar refractivity (Wildman–Crippen MR) is 56.7 cm³/mol. The molecule has 0 aromatic heterocycles.